The monoisotopic (exact) mass is 321 g/mol. The Bertz CT molecular complexity index is 551. The zero-order valence-corrected chi connectivity index (χ0v) is 13.3. The summed E-state index contributed by atoms with van der Waals surface area (Å²) in [6, 6.07) is 7.03. The van der Waals surface area contributed by atoms with E-state index in [-0.39, 0.29) is 19.1 Å². The molecule has 0 aliphatic rings. The second kappa shape index (κ2) is 9.78. The Balaban J connectivity index is 2.71. The van der Waals surface area contributed by atoms with Gasteiger partial charge >= 0.3 is 0 Å². The van der Waals surface area contributed by atoms with Gasteiger partial charge in [-0.1, -0.05) is 36.8 Å². The molecule has 4 N–H and O–H groups in total. The number of nitrogens with one attached hydrogen (secondary N) is 1. The van der Waals surface area contributed by atoms with Crippen LogP contribution < -0.4 is 10.2 Å². The maximum atomic E-state index is 10.9. The molecule has 126 valence electrons. The van der Waals surface area contributed by atoms with Crippen LogP contribution in [0, 0.1) is 5.92 Å². The first-order chi connectivity index (χ1) is 11.0. The van der Waals surface area contributed by atoms with E-state index in [1.807, 2.05) is 13.8 Å². The molecule has 1 rings (SSSR count). The van der Waals surface area contributed by atoms with Crippen LogP contribution in [0.5, 0.6) is 5.75 Å². The van der Waals surface area contributed by atoms with Crippen molar-refractivity contribution in [3.8, 4) is 5.75 Å². The second-order valence-electron chi connectivity index (χ2n) is 5.12. The minimum atomic E-state index is -0.696. The van der Waals surface area contributed by atoms with Crippen LogP contribution in [0.25, 0.3) is 0 Å². The molecule has 0 bridgehead atoms. The summed E-state index contributed by atoms with van der Waals surface area (Å²) in [5.74, 6) is -0.130. The highest BCUT2D eigenvalue weighted by Crippen LogP contribution is 2.28. The molecule has 6 nitrogen and oxygen atoms in total. The Kier molecular flexibility index (Phi) is 8.04. The van der Waals surface area contributed by atoms with Crippen molar-refractivity contribution >= 4 is 5.91 Å². The van der Waals surface area contributed by atoms with Gasteiger partial charge in [-0.25, -0.2) is 5.48 Å². The number of rotatable bonds is 8. The minimum Gasteiger partial charge on any atom is -0.491 e. The molecule has 0 radical (unpaired) electrons. The molecule has 1 aromatic rings. The van der Waals surface area contributed by atoms with Crippen molar-refractivity contribution in [3.05, 3.63) is 53.6 Å². The van der Waals surface area contributed by atoms with Crippen molar-refractivity contribution in [1.29, 1.82) is 0 Å². The lowest BCUT2D eigenvalue weighted by atomic mass is 9.91. The normalized spacial score (nSPS) is 14.6. The van der Waals surface area contributed by atoms with E-state index in [4.69, 9.17) is 15.1 Å². The fraction of sp³-hybridized carbons (Fsp3) is 0.353. The first-order valence-electron chi connectivity index (χ1n) is 7.30. The predicted octanol–water partition coefficient (Wildman–Crippen LogP) is 1.74. The maximum absolute atomic E-state index is 10.9. The van der Waals surface area contributed by atoms with Crippen LogP contribution in [0.1, 0.15) is 25.5 Å². The minimum absolute atomic E-state index is 0.0484. The number of ether oxygens (including phenoxy) is 1. The molecule has 0 saturated heterocycles. The molecule has 6 heteroatoms. The molecular weight excluding hydrogens is 298 g/mol. The molecular formula is C17H23NO5. The summed E-state index contributed by atoms with van der Waals surface area (Å²) in [5, 5.41) is 27.5. The number of carbonyl (C=O) groups excluding carboxylic acids is 1. The van der Waals surface area contributed by atoms with Crippen molar-refractivity contribution in [2.45, 2.75) is 20.0 Å². The van der Waals surface area contributed by atoms with Gasteiger partial charge in [-0.05, 0) is 24.6 Å². The topological polar surface area (TPSA) is 99.0 Å². The third-order valence-electron chi connectivity index (χ3n) is 3.49. The SMILES string of the molecule is C/C(=C\C=C\C(=O)NO)[C@@H](C)[C@@H](O)c1ccc(OCCO)cc1. The second-order valence-corrected chi connectivity index (χ2v) is 5.12. The molecule has 0 aromatic heterocycles. The number of hydrogen-bond donors (Lipinski definition) is 4. The Morgan fingerprint density at radius 3 is 2.57 bits per heavy atom. The van der Waals surface area contributed by atoms with Crippen LogP contribution in [-0.4, -0.2) is 34.5 Å². The van der Waals surface area contributed by atoms with Gasteiger partial charge < -0.3 is 14.9 Å². The van der Waals surface area contributed by atoms with E-state index in [0.717, 1.165) is 11.1 Å². The van der Waals surface area contributed by atoms with Crippen molar-refractivity contribution < 1.29 is 25.0 Å². The zero-order valence-electron chi connectivity index (χ0n) is 13.3. The van der Waals surface area contributed by atoms with Gasteiger partial charge in [-0.15, -0.1) is 0 Å². The Labute approximate surface area is 135 Å². The molecule has 0 aliphatic heterocycles. The summed E-state index contributed by atoms with van der Waals surface area (Å²) in [7, 11) is 0. The number of hydroxylamine groups is 1. The van der Waals surface area contributed by atoms with Crippen LogP contribution in [0.2, 0.25) is 0 Å². The van der Waals surface area contributed by atoms with Crippen molar-refractivity contribution in [1.82, 2.24) is 5.48 Å². The van der Waals surface area contributed by atoms with E-state index in [9.17, 15) is 9.90 Å². The van der Waals surface area contributed by atoms with E-state index >= 15 is 0 Å². The fourth-order valence-electron chi connectivity index (χ4n) is 1.94. The highest BCUT2D eigenvalue weighted by Gasteiger charge is 2.17. The molecule has 2 atom stereocenters. The third kappa shape index (κ3) is 6.23. The first-order valence-corrected chi connectivity index (χ1v) is 7.30. The molecule has 1 aromatic carbocycles. The van der Waals surface area contributed by atoms with Gasteiger partial charge in [-0.2, -0.15) is 0 Å². The van der Waals surface area contributed by atoms with Crippen LogP contribution in [0.4, 0.5) is 0 Å². The molecule has 0 aliphatic carbocycles. The smallest absolute Gasteiger partial charge is 0.267 e. The number of allylic oxidation sites excluding steroid dienone is 2. The lowest BCUT2D eigenvalue weighted by Gasteiger charge is -2.20. The van der Waals surface area contributed by atoms with Crippen molar-refractivity contribution in [2.24, 2.45) is 5.92 Å². The standard InChI is InChI=1S/C17H23NO5/c1-12(4-3-5-16(20)18-22)13(2)17(21)14-6-8-15(9-7-14)23-11-10-19/h3-9,13,17,19,21-22H,10-11H2,1-2H3,(H,18,20)/b5-3+,12-4+/t13-,17-/m1/s1. The first kappa shape index (κ1) is 18.9. The van der Waals surface area contributed by atoms with Crippen molar-refractivity contribution in [3.63, 3.8) is 0 Å². The number of amides is 1. The Morgan fingerprint density at radius 2 is 2.00 bits per heavy atom. The van der Waals surface area contributed by atoms with Crippen LogP contribution >= 0.6 is 0 Å². The lowest BCUT2D eigenvalue weighted by Crippen LogP contribution is -2.14. The number of aliphatic hydroxyl groups is 2. The highest BCUT2D eigenvalue weighted by atomic mass is 16.5. The Morgan fingerprint density at radius 1 is 1.35 bits per heavy atom. The summed E-state index contributed by atoms with van der Waals surface area (Å²) in [5.41, 5.74) is 3.14. The van der Waals surface area contributed by atoms with Crippen LogP contribution in [0.3, 0.4) is 0 Å². The van der Waals surface area contributed by atoms with Gasteiger partial charge in [0, 0.05) is 12.0 Å². The quantitative estimate of drug-likeness (QED) is 0.253. The lowest BCUT2D eigenvalue weighted by molar-refractivity contribution is -0.124. The number of carbonyl (C=O) groups is 1. The molecule has 0 fully saturated rings. The van der Waals surface area contributed by atoms with Gasteiger partial charge in [0.1, 0.15) is 12.4 Å². The zero-order chi connectivity index (χ0) is 17.2. The molecule has 0 heterocycles. The molecule has 0 spiro atoms. The Hall–Kier alpha value is -2.15. The summed E-state index contributed by atoms with van der Waals surface area (Å²) in [6.07, 6.45) is 3.71. The highest BCUT2D eigenvalue weighted by molar-refractivity contribution is 5.86. The van der Waals surface area contributed by atoms with E-state index in [1.54, 1.807) is 30.3 Å². The summed E-state index contributed by atoms with van der Waals surface area (Å²) >= 11 is 0. The van der Waals surface area contributed by atoms with Crippen molar-refractivity contribution in [2.75, 3.05) is 13.2 Å². The van der Waals surface area contributed by atoms with E-state index in [0.29, 0.717) is 5.75 Å². The molecule has 1 amide bonds. The van der Waals surface area contributed by atoms with E-state index in [2.05, 4.69) is 0 Å². The maximum Gasteiger partial charge on any atom is 0.267 e. The van der Waals surface area contributed by atoms with Gasteiger partial charge in [0.25, 0.3) is 5.91 Å². The van der Waals surface area contributed by atoms with Crippen LogP contribution in [0.15, 0.2) is 48.1 Å². The summed E-state index contributed by atoms with van der Waals surface area (Å²) in [4.78, 5) is 10.9. The molecule has 23 heavy (non-hydrogen) atoms. The largest absolute Gasteiger partial charge is 0.491 e. The average Bonchev–Trinajstić information content (AvgIpc) is 2.58. The number of benzene rings is 1. The summed E-state index contributed by atoms with van der Waals surface area (Å²) in [6.45, 7) is 3.92. The third-order valence-corrected chi connectivity index (χ3v) is 3.49. The van der Waals surface area contributed by atoms with E-state index < -0.39 is 12.0 Å². The van der Waals surface area contributed by atoms with Gasteiger partial charge in [0.15, 0.2) is 0 Å². The number of aliphatic hydroxyl groups excluding tert-OH is 2. The summed E-state index contributed by atoms with van der Waals surface area (Å²) < 4.78 is 5.27. The van der Waals surface area contributed by atoms with Gasteiger partial charge in [0.2, 0.25) is 0 Å². The predicted molar refractivity (Wildman–Crippen MR) is 86.0 cm³/mol. The van der Waals surface area contributed by atoms with Crippen LogP contribution in [-0.2, 0) is 4.79 Å². The fourth-order valence-corrected chi connectivity index (χ4v) is 1.94. The molecule has 0 unspecified atom stereocenters. The van der Waals surface area contributed by atoms with Gasteiger partial charge in [-0.3, -0.25) is 10.0 Å². The number of hydrogen-bond acceptors (Lipinski definition) is 5. The van der Waals surface area contributed by atoms with Gasteiger partial charge in [0.05, 0.1) is 12.7 Å². The van der Waals surface area contributed by atoms with E-state index in [1.165, 1.54) is 17.6 Å². The average molecular weight is 321 g/mol. The molecule has 0 saturated carbocycles.